The van der Waals surface area contributed by atoms with Crippen LogP contribution >= 0.6 is 0 Å². The SMILES string of the molecule is CCC1(C(=O)N2CCCC2(C)C)CCCN1. The summed E-state index contributed by atoms with van der Waals surface area (Å²) >= 11 is 0. The summed E-state index contributed by atoms with van der Waals surface area (Å²) < 4.78 is 0. The number of hydrogen-bond donors (Lipinski definition) is 1. The molecule has 0 aromatic heterocycles. The van der Waals surface area contributed by atoms with E-state index in [4.69, 9.17) is 0 Å². The monoisotopic (exact) mass is 224 g/mol. The Hall–Kier alpha value is -0.570. The largest absolute Gasteiger partial charge is 0.336 e. The van der Waals surface area contributed by atoms with E-state index in [0.29, 0.717) is 5.91 Å². The van der Waals surface area contributed by atoms with Crippen molar-refractivity contribution in [2.75, 3.05) is 13.1 Å². The van der Waals surface area contributed by atoms with Crippen molar-refractivity contribution in [3.8, 4) is 0 Å². The van der Waals surface area contributed by atoms with Crippen LogP contribution in [0.2, 0.25) is 0 Å². The minimum Gasteiger partial charge on any atom is -0.336 e. The number of carbonyl (C=O) groups excluding carboxylic acids is 1. The first-order valence-corrected chi connectivity index (χ1v) is 6.59. The molecular weight excluding hydrogens is 200 g/mol. The highest BCUT2D eigenvalue weighted by Gasteiger charge is 2.46. The van der Waals surface area contributed by atoms with E-state index in [-0.39, 0.29) is 11.1 Å². The summed E-state index contributed by atoms with van der Waals surface area (Å²) in [4.78, 5) is 14.8. The molecule has 92 valence electrons. The van der Waals surface area contributed by atoms with Gasteiger partial charge in [0.15, 0.2) is 0 Å². The Morgan fingerprint density at radius 3 is 2.50 bits per heavy atom. The normalized spacial score (nSPS) is 33.3. The number of nitrogens with one attached hydrogen (secondary N) is 1. The van der Waals surface area contributed by atoms with Gasteiger partial charge in [0.2, 0.25) is 5.91 Å². The molecule has 16 heavy (non-hydrogen) atoms. The molecule has 2 rings (SSSR count). The van der Waals surface area contributed by atoms with Gasteiger partial charge in [0.1, 0.15) is 0 Å². The maximum Gasteiger partial charge on any atom is 0.243 e. The topological polar surface area (TPSA) is 32.3 Å². The molecule has 1 atom stereocenters. The second-order valence-corrected chi connectivity index (χ2v) is 5.84. The van der Waals surface area contributed by atoms with Crippen molar-refractivity contribution in [3.63, 3.8) is 0 Å². The highest BCUT2D eigenvalue weighted by atomic mass is 16.2. The van der Waals surface area contributed by atoms with E-state index in [2.05, 4.69) is 31.0 Å². The number of amides is 1. The maximum atomic E-state index is 12.7. The zero-order valence-electron chi connectivity index (χ0n) is 10.8. The van der Waals surface area contributed by atoms with Crippen molar-refractivity contribution < 1.29 is 4.79 Å². The summed E-state index contributed by atoms with van der Waals surface area (Å²) in [6, 6.07) is 0. The van der Waals surface area contributed by atoms with Crippen molar-refractivity contribution in [1.82, 2.24) is 10.2 Å². The summed E-state index contributed by atoms with van der Waals surface area (Å²) in [5.41, 5.74) is -0.189. The highest BCUT2D eigenvalue weighted by molar-refractivity contribution is 5.87. The molecule has 0 saturated carbocycles. The van der Waals surface area contributed by atoms with Crippen LogP contribution in [0.1, 0.15) is 52.9 Å². The number of nitrogens with zero attached hydrogens (tertiary/aromatic N) is 1. The first kappa shape index (κ1) is 11.9. The van der Waals surface area contributed by atoms with Gasteiger partial charge >= 0.3 is 0 Å². The van der Waals surface area contributed by atoms with Gasteiger partial charge in [-0.3, -0.25) is 4.79 Å². The molecule has 3 nitrogen and oxygen atoms in total. The molecule has 0 radical (unpaired) electrons. The van der Waals surface area contributed by atoms with Crippen LogP contribution in [0.3, 0.4) is 0 Å². The Morgan fingerprint density at radius 1 is 1.31 bits per heavy atom. The third kappa shape index (κ3) is 1.75. The molecule has 3 heteroatoms. The number of likely N-dealkylation sites (tertiary alicyclic amines) is 1. The van der Waals surface area contributed by atoms with Gasteiger partial charge in [0.05, 0.1) is 5.54 Å². The van der Waals surface area contributed by atoms with Gasteiger partial charge in [0.25, 0.3) is 0 Å². The lowest BCUT2D eigenvalue weighted by Gasteiger charge is -2.39. The minimum atomic E-state index is -0.248. The summed E-state index contributed by atoms with van der Waals surface area (Å²) in [5, 5.41) is 3.44. The molecule has 2 fully saturated rings. The lowest BCUT2D eigenvalue weighted by Crippen LogP contribution is -2.58. The Kier molecular flexibility index (Phi) is 2.99. The van der Waals surface area contributed by atoms with Crippen molar-refractivity contribution in [3.05, 3.63) is 0 Å². The second-order valence-electron chi connectivity index (χ2n) is 5.84. The van der Waals surface area contributed by atoms with Crippen molar-refractivity contribution in [2.45, 2.75) is 64.0 Å². The molecule has 0 aromatic carbocycles. The van der Waals surface area contributed by atoms with Gasteiger partial charge in [-0.15, -0.1) is 0 Å². The Morgan fingerprint density at radius 2 is 2.06 bits per heavy atom. The van der Waals surface area contributed by atoms with Crippen molar-refractivity contribution >= 4 is 5.91 Å². The van der Waals surface area contributed by atoms with Crippen molar-refractivity contribution in [2.24, 2.45) is 0 Å². The molecule has 0 aromatic rings. The summed E-state index contributed by atoms with van der Waals surface area (Å²) in [7, 11) is 0. The molecule has 0 aliphatic carbocycles. The highest BCUT2D eigenvalue weighted by Crippen LogP contribution is 2.34. The first-order valence-electron chi connectivity index (χ1n) is 6.59. The van der Waals surface area contributed by atoms with Gasteiger partial charge in [-0.1, -0.05) is 6.92 Å². The quantitative estimate of drug-likeness (QED) is 0.777. The molecule has 1 unspecified atom stereocenters. The summed E-state index contributed by atoms with van der Waals surface area (Å²) in [6.07, 6.45) is 5.35. The van der Waals surface area contributed by atoms with E-state index < -0.39 is 0 Å². The van der Waals surface area contributed by atoms with Gasteiger partial charge in [-0.2, -0.15) is 0 Å². The zero-order chi connectivity index (χ0) is 11.8. The molecule has 2 saturated heterocycles. The van der Waals surface area contributed by atoms with E-state index in [1.54, 1.807) is 0 Å². The molecule has 0 spiro atoms. The van der Waals surface area contributed by atoms with E-state index in [1.165, 1.54) is 0 Å². The van der Waals surface area contributed by atoms with Gasteiger partial charge in [-0.05, 0) is 52.5 Å². The van der Waals surface area contributed by atoms with Gasteiger partial charge < -0.3 is 10.2 Å². The fourth-order valence-electron chi connectivity index (χ4n) is 3.18. The fraction of sp³-hybridized carbons (Fsp3) is 0.923. The Bertz CT molecular complexity index is 280. The van der Waals surface area contributed by atoms with E-state index in [9.17, 15) is 4.79 Å². The van der Waals surface area contributed by atoms with Gasteiger partial charge in [-0.25, -0.2) is 0 Å². The summed E-state index contributed by atoms with van der Waals surface area (Å²) in [5.74, 6) is 0.343. The summed E-state index contributed by atoms with van der Waals surface area (Å²) in [6.45, 7) is 8.44. The van der Waals surface area contributed by atoms with Crippen molar-refractivity contribution in [1.29, 1.82) is 0 Å². The van der Waals surface area contributed by atoms with Crippen LogP contribution in [0.5, 0.6) is 0 Å². The second kappa shape index (κ2) is 4.02. The fourth-order valence-corrected chi connectivity index (χ4v) is 3.18. The Balaban J connectivity index is 2.17. The van der Waals surface area contributed by atoms with Crippen LogP contribution in [0, 0.1) is 0 Å². The van der Waals surface area contributed by atoms with E-state index in [1.807, 2.05) is 0 Å². The molecule has 2 aliphatic rings. The third-order valence-electron chi connectivity index (χ3n) is 4.40. The average molecular weight is 224 g/mol. The zero-order valence-corrected chi connectivity index (χ0v) is 10.8. The van der Waals surface area contributed by atoms with Crippen LogP contribution in [0.25, 0.3) is 0 Å². The lowest BCUT2D eigenvalue weighted by atomic mass is 9.90. The average Bonchev–Trinajstić information content (AvgIpc) is 2.83. The predicted molar refractivity (Wildman–Crippen MR) is 65.3 cm³/mol. The standard InChI is InChI=1S/C13H24N2O/c1-4-13(8-5-9-14-13)11(16)15-10-6-7-12(15,2)3/h14H,4-10H2,1-3H3. The number of hydrogen-bond acceptors (Lipinski definition) is 2. The van der Waals surface area contributed by atoms with Crippen LogP contribution < -0.4 is 5.32 Å². The molecule has 1 amide bonds. The predicted octanol–water partition coefficient (Wildman–Crippen LogP) is 1.92. The first-order chi connectivity index (χ1) is 7.52. The molecule has 2 heterocycles. The van der Waals surface area contributed by atoms with Crippen LogP contribution in [0.4, 0.5) is 0 Å². The van der Waals surface area contributed by atoms with Crippen LogP contribution in [-0.4, -0.2) is 35.0 Å². The maximum absolute atomic E-state index is 12.7. The number of rotatable bonds is 2. The smallest absolute Gasteiger partial charge is 0.243 e. The van der Waals surface area contributed by atoms with Gasteiger partial charge in [0, 0.05) is 12.1 Å². The molecule has 2 aliphatic heterocycles. The van der Waals surface area contributed by atoms with E-state index >= 15 is 0 Å². The number of carbonyl (C=O) groups is 1. The third-order valence-corrected chi connectivity index (χ3v) is 4.40. The van der Waals surface area contributed by atoms with E-state index in [0.717, 1.165) is 45.2 Å². The Labute approximate surface area is 98.6 Å². The molecular formula is C13H24N2O. The lowest BCUT2D eigenvalue weighted by molar-refractivity contribution is -0.141. The molecule has 1 N–H and O–H groups in total. The van der Waals surface area contributed by atoms with Crippen LogP contribution in [0.15, 0.2) is 0 Å². The van der Waals surface area contributed by atoms with Crippen LogP contribution in [-0.2, 0) is 4.79 Å². The minimum absolute atomic E-state index is 0.0591. The molecule has 0 bridgehead atoms.